The molecule has 19 heavy (non-hydrogen) atoms. The fourth-order valence-corrected chi connectivity index (χ4v) is 4.82. The fourth-order valence-electron chi connectivity index (χ4n) is 4.82. The van der Waals surface area contributed by atoms with Crippen molar-refractivity contribution in [1.82, 2.24) is 5.32 Å². The van der Waals surface area contributed by atoms with E-state index in [-0.39, 0.29) is 6.10 Å². The molecule has 1 unspecified atom stereocenters. The summed E-state index contributed by atoms with van der Waals surface area (Å²) in [6.07, 6.45) is 16.0. The summed E-state index contributed by atoms with van der Waals surface area (Å²) in [4.78, 5) is 0. The monoisotopic (exact) mass is 265 g/mol. The SMILES string of the molecule is OC1C[C@@H](C2CCCCC2)N[C@@H](C2CCCCC2)C1. The number of nitrogens with one attached hydrogen (secondary N) is 1. The zero-order valence-electron chi connectivity index (χ0n) is 12.3. The highest BCUT2D eigenvalue weighted by molar-refractivity contribution is 4.93. The first-order valence-corrected chi connectivity index (χ1v) is 8.77. The Bertz CT molecular complexity index is 242. The van der Waals surface area contributed by atoms with Gasteiger partial charge in [0, 0.05) is 12.1 Å². The number of piperidine rings is 1. The van der Waals surface area contributed by atoms with Crippen molar-refractivity contribution in [3.63, 3.8) is 0 Å². The Morgan fingerprint density at radius 1 is 0.632 bits per heavy atom. The lowest BCUT2D eigenvalue weighted by Gasteiger charge is -2.43. The minimum Gasteiger partial charge on any atom is -0.393 e. The Morgan fingerprint density at radius 2 is 1.05 bits per heavy atom. The molecular weight excluding hydrogens is 234 g/mol. The minimum absolute atomic E-state index is 0.0416. The summed E-state index contributed by atoms with van der Waals surface area (Å²) in [5, 5.41) is 14.2. The Morgan fingerprint density at radius 3 is 1.47 bits per heavy atom. The van der Waals surface area contributed by atoms with Crippen LogP contribution in [-0.2, 0) is 0 Å². The maximum absolute atomic E-state index is 10.3. The van der Waals surface area contributed by atoms with E-state index in [1.807, 2.05) is 0 Å². The number of hydrogen-bond donors (Lipinski definition) is 2. The van der Waals surface area contributed by atoms with Gasteiger partial charge in [0.15, 0.2) is 0 Å². The van der Waals surface area contributed by atoms with Crippen LogP contribution in [0.15, 0.2) is 0 Å². The molecule has 2 N–H and O–H groups in total. The summed E-state index contributed by atoms with van der Waals surface area (Å²) in [6.45, 7) is 0. The van der Waals surface area contributed by atoms with E-state index in [2.05, 4.69) is 5.32 Å². The zero-order valence-corrected chi connectivity index (χ0v) is 12.3. The second-order valence-corrected chi connectivity index (χ2v) is 7.30. The maximum atomic E-state index is 10.3. The fraction of sp³-hybridized carbons (Fsp3) is 1.00. The largest absolute Gasteiger partial charge is 0.393 e. The average molecular weight is 265 g/mol. The van der Waals surface area contributed by atoms with Crippen molar-refractivity contribution in [2.24, 2.45) is 11.8 Å². The molecule has 3 fully saturated rings. The van der Waals surface area contributed by atoms with Crippen molar-refractivity contribution < 1.29 is 5.11 Å². The third-order valence-electron chi connectivity index (χ3n) is 5.92. The molecule has 0 radical (unpaired) electrons. The predicted octanol–water partition coefficient (Wildman–Crippen LogP) is 3.63. The lowest BCUT2D eigenvalue weighted by atomic mass is 9.75. The quantitative estimate of drug-likeness (QED) is 0.799. The van der Waals surface area contributed by atoms with Gasteiger partial charge in [-0.25, -0.2) is 0 Å². The highest BCUT2D eigenvalue weighted by atomic mass is 16.3. The van der Waals surface area contributed by atoms with Gasteiger partial charge in [0.1, 0.15) is 0 Å². The third-order valence-corrected chi connectivity index (χ3v) is 5.92. The Hall–Kier alpha value is -0.0800. The molecule has 2 nitrogen and oxygen atoms in total. The Labute approximate surface area is 118 Å². The van der Waals surface area contributed by atoms with Crippen molar-refractivity contribution in [3.8, 4) is 0 Å². The Balaban J connectivity index is 1.59. The van der Waals surface area contributed by atoms with Crippen LogP contribution in [0.2, 0.25) is 0 Å². The maximum Gasteiger partial charge on any atom is 0.0570 e. The molecular formula is C17H31NO. The summed E-state index contributed by atoms with van der Waals surface area (Å²) < 4.78 is 0. The van der Waals surface area contributed by atoms with Gasteiger partial charge in [-0.1, -0.05) is 38.5 Å². The zero-order chi connectivity index (χ0) is 13.1. The molecule has 0 bridgehead atoms. The lowest BCUT2D eigenvalue weighted by Crippen LogP contribution is -2.54. The number of aliphatic hydroxyl groups excluding tert-OH is 1. The van der Waals surface area contributed by atoms with Gasteiger partial charge in [-0.2, -0.15) is 0 Å². The molecule has 1 heterocycles. The van der Waals surface area contributed by atoms with Crippen LogP contribution in [-0.4, -0.2) is 23.3 Å². The van der Waals surface area contributed by atoms with Gasteiger partial charge in [-0.15, -0.1) is 0 Å². The molecule has 0 amide bonds. The van der Waals surface area contributed by atoms with E-state index in [0.29, 0.717) is 12.1 Å². The molecule has 3 atom stereocenters. The van der Waals surface area contributed by atoms with E-state index in [9.17, 15) is 5.11 Å². The summed E-state index contributed by atoms with van der Waals surface area (Å²) >= 11 is 0. The molecule has 0 aromatic carbocycles. The highest BCUT2D eigenvalue weighted by Crippen LogP contribution is 2.35. The van der Waals surface area contributed by atoms with Crippen LogP contribution in [0.5, 0.6) is 0 Å². The minimum atomic E-state index is -0.0416. The van der Waals surface area contributed by atoms with Crippen molar-refractivity contribution >= 4 is 0 Å². The first-order chi connectivity index (χ1) is 9.33. The van der Waals surface area contributed by atoms with E-state index in [1.165, 1.54) is 64.2 Å². The van der Waals surface area contributed by atoms with E-state index in [0.717, 1.165) is 24.7 Å². The molecule has 2 heteroatoms. The van der Waals surface area contributed by atoms with Crippen LogP contribution in [0.3, 0.4) is 0 Å². The van der Waals surface area contributed by atoms with Crippen LogP contribution >= 0.6 is 0 Å². The average Bonchev–Trinajstić information content (AvgIpc) is 2.48. The molecule has 110 valence electrons. The normalized spacial score (nSPS) is 39.3. The molecule has 1 saturated heterocycles. The molecule has 0 aromatic heterocycles. The van der Waals surface area contributed by atoms with Crippen LogP contribution in [0.1, 0.15) is 77.0 Å². The lowest BCUT2D eigenvalue weighted by molar-refractivity contribution is 0.0482. The first-order valence-electron chi connectivity index (χ1n) is 8.77. The molecule has 2 saturated carbocycles. The smallest absolute Gasteiger partial charge is 0.0570 e. The van der Waals surface area contributed by atoms with Gasteiger partial charge in [0.25, 0.3) is 0 Å². The van der Waals surface area contributed by atoms with E-state index in [4.69, 9.17) is 0 Å². The van der Waals surface area contributed by atoms with Gasteiger partial charge >= 0.3 is 0 Å². The second-order valence-electron chi connectivity index (χ2n) is 7.30. The summed E-state index contributed by atoms with van der Waals surface area (Å²) in [6, 6.07) is 1.21. The van der Waals surface area contributed by atoms with Crippen molar-refractivity contribution in [2.75, 3.05) is 0 Å². The summed E-state index contributed by atoms with van der Waals surface area (Å²) in [7, 11) is 0. The van der Waals surface area contributed by atoms with Gasteiger partial charge in [-0.05, 0) is 50.4 Å². The van der Waals surface area contributed by atoms with Crippen molar-refractivity contribution in [2.45, 2.75) is 95.2 Å². The Kier molecular flexibility index (Phi) is 4.81. The second kappa shape index (κ2) is 6.58. The van der Waals surface area contributed by atoms with Crippen molar-refractivity contribution in [1.29, 1.82) is 0 Å². The van der Waals surface area contributed by atoms with Crippen LogP contribution in [0.4, 0.5) is 0 Å². The van der Waals surface area contributed by atoms with E-state index in [1.54, 1.807) is 0 Å². The molecule has 3 aliphatic rings. The first kappa shape index (κ1) is 13.9. The number of hydrogen-bond acceptors (Lipinski definition) is 2. The molecule has 0 spiro atoms. The predicted molar refractivity (Wildman–Crippen MR) is 79.1 cm³/mol. The number of rotatable bonds is 2. The molecule has 1 aliphatic heterocycles. The van der Waals surface area contributed by atoms with Crippen LogP contribution in [0.25, 0.3) is 0 Å². The van der Waals surface area contributed by atoms with Crippen molar-refractivity contribution in [3.05, 3.63) is 0 Å². The van der Waals surface area contributed by atoms with Gasteiger partial charge in [0.2, 0.25) is 0 Å². The van der Waals surface area contributed by atoms with E-state index >= 15 is 0 Å². The molecule has 0 aromatic rings. The molecule has 3 rings (SSSR count). The van der Waals surface area contributed by atoms with Crippen LogP contribution in [0, 0.1) is 11.8 Å². The standard InChI is InChI=1S/C17H31NO/c19-15-11-16(13-7-3-1-4-8-13)18-17(12-15)14-9-5-2-6-10-14/h13-19H,1-12H2/t15?,16-,17+. The van der Waals surface area contributed by atoms with Gasteiger partial charge < -0.3 is 10.4 Å². The van der Waals surface area contributed by atoms with E-state index < -0.39 is 0 Å². The van der Waals surface area contributed by atoms with Crippen LogP contribution < -0.4 is 5.32 Å². The van der Waals surface area contributed by atoms with Gasteiger partial charge in [0.05, 0.1) is 6.10 Å². The topological polar surface area (TPSA) is 32.3 Å². The summed E-state index contributed by atoms with van der Waals surface area (Å²) in [5.41, 5.74) is 0. The molecule has 2 aliphatic carbocycles. The third kappa shape index (κ3) is 3.52. The highest BCUT2D eigenvalue weighted by Gasteiger charge is 2.36. The van der Waals surface area contributed by atoms with Gasteiger partial charge in [-0.3, -0.25) is 0 Å². The number of aliphatic hydroxyl groups is 1. The summed E-state index contributed by atoms with van der Waals surface area (Å²) in [5.74, 6) is 1.68.